The number of rotatable bonds is 7. The molecule has 0 heterocycles. The van der Waals surface area contributed by atoms with Gasteiger partial charge in [0.25, 0.3) is 0 Å². The van der Waals surface area contributed by atoms with E-state index in [1.807, 2.05) is 18.2 Å². The Balaban J connectivity index is 2.87. The van der Waals surface area contributed by atoms with Crippen LogP contribution in [0.25, 0.3) is 0 Å². The summed E-state index contributed by atoms with van der Waals surface area (Å²) in [4.78, 5) is 24.0. The highest BCUT2D eigenvalue weighted by Gasteiger charge is 2.26. The number of ether oxygens (including phenoxy) is 2. The Morgan fingerprint density at radius 3 is 2.27 bits per heavy atom. The van der Waals surface area contributed by atoms with Gasteiger partial charge in [-0.25, -0.2) is 9.59 Å². The predicted octanol–water partition coefficient (Wildman–Crippen LogP) is 3.40. The van der Waals surface area contributed by atoms with E-state index in [4.69, 9.17) is 9.47 Å². The highest BCUT2D eigenvalue weighted by atomic mass is 28.3. The molecule has 0 unspecified atom stereocenters. The van der Waals surface area contributed by atoms with Gasteiger partial charge in [0.05, 0.1) is 15.2 Å². The maximum absolute atomic E-state index is 12.0. The molecule has 0 radical (unpaired) electrons. The molecule has 5 nitrogen and oxygen atoms in total. The minimum absolute atomic E-state index is 0.343. The maximum atomic E-state index is 12.0. The van der Waals surface area contributed by atoms with Crippen molar-refractivity contribution in [3.8, 4) is 0 Å². The number of carbonyl (C=O) groups is 2. The summed E-state index contributed by atoms with van der Waals surface area (Å²) in [5.74, 6) is -0.499. The fourth-order valence-corrected chi connectivity index (χ4v) is 4.62. The molecule has 0 saturated carbocycles. The average molecular weight is 378 g/mol. The first-order valence-electron chi connectivity index (χ1n) is 8.76. The Bertz CT molecular complexity index is 632. The van der Waals surface area contributed by atoms with E-state index < -0.39 is 31.8 Å². The summed E-state index contributed by atoms with van der Waals surface area (Å²) in [6.45, 7) is 13.7. The number of carbonyl (C=O) groups excluding carboxylic acids is 2. The summed E-state index contributed by atoms with van der Waals surface area (Å²) >= 11 is 0. The van der Waals surface area contributed by atoms with Crippen LogP contribution in [0.1, 0.15) is 26.3 Å². The smallest absolute Gasteiger partial charge is 0.408 e. The molecular formula is C20H31NO4Si. The molecule has 26 heavy (non-hydrogen) atoms. The molecule has 0 aliphatic rings. The van der Waals surface area contributed by atoms with E-state index in [0.29, 0.717) is 6.42 Å². The van der Waals surface area contributed by atoms with Gasteiger partial charge in [0.1, 0.15) is 11.6 Å². The number of nitrogens with one attached hydrogen (secondary N) is 1. The topological polar surface area (TPSA) is 64.6 Å². The molecular weight excluding hydrogens is 346 g/mol. The fraction of sp³-hybridized carbons (Fsp3) is 0.500. The lowest BCUT2D eigenvalue weighted by Gasteiger charge is -2.23. The standard InChI is InChI=1S/C20H31NO4Si/c1-8-13-26(6,7)16-11-9-15(10-12-16)14-17(18(22)24-5)21-19(23)25-20(2,3)4/h8-12,17H,1,13-14H2,2-7H3,(H,21,23)/t17-/m0/s1. The molecule has 0 fully saturated rings. The van der Waals surface area contributed by atoms with Crippen molar-refractivity contribution in [2.45, 2.75) is 58.0 Å². The fourth-order valence-electron chi connectivity index (χ4n) is 2.59. The lowest BCUT2D eigenvalue weighted by molar-refractivity contribution is -0.143. The first-order chi connectivity index (χ1) is 12.0. The van der Waals surface area contributed by atoms with Gasteiger partial charge in [0.15, 0.2) is 0 Å². The van der Waals surface area contributed by atoms with Crippen molar-refractivity contribution in [2.75, 3.05) is 7.11 Å². The van der Waals surface area contributed by atoms with Crippen molar-refractivity contribution in [3.05, 3.63) is 42.5 Å². The number of amides is 1. The van der Waals surface area contributed by atoms with Crippen molar-refractivity contribution in [3.63, 3.8) is 0 Å². The average Bonchev–Trinajstić information content (AvgIpc) is 2.52. The number of hydrogen-bond donors (Lipinski definition) is 1. The normalized spacial score (nSPS) is 12.8. The zero-order valence-electron chi connectivity index (χ0n) is 16.7. The second-order valence-corrected chi connectivity index (χ2v) is 12.8. The van der Waals surface area contributed by atoms with Gasteiger partial charge in [-0.15, -0.1) is 6.58 Å². The Hall–Kier alpha value is -2.08. The largest absolute Gasteiger partial charge is 0.467 e. The summed E-state index contributed by atoms with van der Waals surface area (Å²) < 4.78 is 10.0. The minimum Gasteiger partial charge on any atom is -0.467 e. The Labute approximate surface area is 157 Å². The van der Waals surface area contributed by atoms with E-state index in [-0.39, 0.29) is 0 Å². The molecule has 1 aromatic rings. The Kier molecular flexibility index (Phi) is 7.63. The van der Waals surface area contributed by atoms with Gasteiger partial charge in [-0.05, 0) is 32.4 Å². The van der Waals surface area contributed by atoms with Crippen LogP contribution in [0.2, 0.25) is 19.1 Å². The van der Waals surface area contributed by atoms with E-state index in [2.05, 4.69) is 37.1 Å². The lowest BCUT2D eigenvalue weighted by atomic mass is 10.1. The molecule has 0 spiro atoms. The zero-order chi connectivity index (χ0) is 20.0. The van der Waals surface area contributed by atoms with Crippen LogP contribution in [0.5, 0.6) is 0 Å². The predicted molar refractivity (Wildman–Crippen MR) is 107 cm³/mol. The van der Waals surface area contributed by atoms with E-state index in [9.17, 15) is 9.59 Å². The van der Waals surface area contributed by atoms with Gasteiger partial charge in [-0.2, -0.15) is 0 Å². The molecule has 144 valence electrons. The number of esters is 1. The molecule has 0 bridgehead atoms. The monoisotopic (exact) mass is 377 g/mol. The molecule has 0 aliphatic carbocycles. The quantitative estimate of drug-likeness (QED) is 0.449. The molecule has 0 saturated heterocycles. The summed E-state index contributed by atoms with van der Waals surface area (Å²) in [5.41, 5.74) is 0.317. The molecule has 1 atom stereocenters. The van der Waals surface area contributed by atoms with Crippen LogP contribution in [0, 0.1) is 0 Å². The number of allylic oxidation sites excluding steroid dienone is 1. The number of hydrogen-bond acceptors (Lipinski definition) is 4. The lowest BCUT2D eigenvalue weighted by Crippen LogP contribution is -2.45. The van der Waals surface area contributed by atoms with Crippen LogP contribution in [0.15, 0.2) is 36.9 Å². The van der Waals surface area contributed by atoms with Crippen LogP contribution in [-0.4, -0.2) is 38.9 Å². The van der Waals surface area contributed by atoms with Crippen molar-refractivity contribution < 1.29 is 19.1 Å². The van der Waals surface area contributed by atoms with Gasteiger partial charge in [0.2, 0.25) is 0 Å². The van der Waals surface area contributed by atoms with Gasteiger partial charge in [-0.1, -0.05) is 48.6 Å². The van der Waals surface area contributed by atoms with E-state index in [1.54, 1.807) is 20.8 Å². The van der Waals surface area contributed by atoms with Crippen molar-refractivity contribution in [1.29, 1.82) is 0 Å². The highest BCUT2D eigenvalue weighted by molar-refractivity contribution is 6.90. The van der Waals surface area contributed by atoms with Crippen molar-refractivity contribution in [1.82, 2.24) is 5.32 Å². The number of methoxy groups -OCH3 is 1. The van der Waals surface area contributed by atoms with E-state index in [1.165, 1.54) is 12.3 Å². The third-order valence-electron chi connectivity index (χ3n) is 4.01. The molecule has 1 aromatic carbocycles. The van der Waals surface area contributed by atoms with Crippen LogP contribution in [0.3, 0.4) is 0 Å². The summed E-state index contributed by atoms with van der Waals surface area (Å²) in [7, 11) is -0.219. The van der Waals surface area contributed by atoms with Gasteiger partial charge in [0, 0.05) is 6.42 Å². The third kappa shape index (κ3) is 7.04. The minimum atomic E-state index is -1.52. The van der Waals surface area contributed by atoms with Crippen molar-refractivity contribution >= 4 is 25.3 Å². The van der Waals surface area contributed by atoms with Crippen molar-refractivity contribution in [2.24, 2.45) is 0 Å². The van der Waals surface area contributed by atoms with Gasteiger partial charge < -0.3 is 14.8 Å². The van der Waals surface area contributed by atoms with Gasteiger partial charge >= 0.3 is 12.1 Å². The SMILES string of the molecule is C=CC[Si](C)(C)c1ccc(C[C@H](NC(=O)OC(C)(C)C)C(=O)OC)cc1. The number of benzene rings is 1. The first kappa shape index (κ1) is 22.0. The van der Waals surface area contributed by atoms with E-state index >= 15 is 0 Å². The maximum Gasteiger partial charge on any atom is 0.408 e. The molecule has 1 rings (SSSR count). The summed E-state index contributed by atoms with van der Waals surface area (Å²) in [6, 6.07) is 8.43. The highest BCUT2D eigenvalue weighted by Crippen LogP contribution is 2.13. The molecule has 6 heteroatoms. The number of alkyl carbamates (subject to hydrolysis) is 1. The zero-order valence-corrected chi connectivity index (χ0v) is 17.7. The Morgan fingerprint density at radius 2 is 1.81 bits per heavy atom. The second-order valence-electron chi connectivity index (χ2n) is 8.00. The third-order valence-corrected chi connectivity index (χ3v) is 7.21. The molecule has 0 aliphatic heterocycles. The summed E-state index contributed by atoms with van der Waals surface area (Å²) in [6.07, 6.45) is 1.68. The van der Waals surface area contributed by atoms with Crippen LogP contribution >= 0.6 is 0 Å². The van der Waals surface area contributed by atoms with Crippen LogP contribution in [0.4, 0.5) is 4.79 Å². The van der Waals surface area contributed by atoms with Crippen LogP contribution < -0.4 is 10.5 Å². The first-order valence-corrected chi connectivity index (χ1v) is 12.0. The molecule has 1 N–H and O–H groups in total. The Morgan fingerprint density at radius 1 is 1.23 bits per heavy atom. The molecule has 0 aromatic heterocycles. The van der Waals surface area contributed by atoms with Crippen LogP contribution in [-0.2, 0) is 20.7 Å². The van der Waals surface area contributed by atoms with E-state index in [0.717, 1.165) is 11.6 Å². The van der Waals surface area contributed by atoms with Gasteiger partial charge in [-0.3, -0.25) is 0 Å². The molecule has 1 amide bonds. The summed E-state index contributed by atoms with van der Waals surface area (Å²) in [5, 5.41) is 3.93. The second kappa shape index (κ2) is 9.03.